The minimum Gasteiger partial charge on any atom is -0.329 e. The van der Waals surface area contributed by atoms with Gasteiger partial charge in [0.25, 0.3) is 0 Å². The molecule has 2 heterocycles. The van der Waals surface area contributed by atoms with E-state index in [-0.39, 0.29) is 5.82 Å². The molecule has 3 rings (SSSR count). The Morgan fingerprint density at radius 1 is 1.07 bits per heavy atom. The molecule has 156 valence electrons. The van der Waals surface area contributed by atoms with Gasteiger partial charge in [-0.1, -0.05) is 26.3 Å². The van der Waals surface area contributed by atoms with Crippen LogP contribution in [-0.4, -0.2) is 45.7 Å². The number of aryl methyl sites for hydroxylation is 2. The van der Waals surface area contributed by atoms with Crippen LogP contribution in [0.25, 0.3) is 16.8 Å². The van der Waals surface area contributed by atoms with Crippen LogP contribution in [0, 0.1) is 5.82 Å². The fraction of sp³-hybridized carbons (Fsp3) is 0.478. The standard InChI is InChI=1S/C23H32FN5/c1-3-5-12-28(15-11-25)13-6-7-19-10-14-29-23(27-19)21(17-26-29)20-16-18(4-2)8-9-22(20)24/h8-10,14,16-17H,3-7,11-13,15,25H2,1-2H3. The van der Waals surface area contributed by atoms with Gasteiger partial charge in [0.2, 0.25) is 0 Å². The summed E-state index contributed by atoms with van der Waals surface area (Å²) in [6.07, 6.45) is 8.78. The van der Waals surface area contributed by atoms with Gasteiger partial charge >= 0.3 is 0 Å². The Bertz CT molecular complexity index is 921. The maximum atomic E-state index is 14.5. The van der Waals surface area contributed by atoms with E-state index >= 15 is 0 Å². The summed E-state index contributed by atoms with van der Waals surface area (Å²) in [5, 5.41) is 4.36. The number of unbranched alkanes of at least 4 members (excludes halogenated alkanes) is 1. The molecule has 0 atom stereocenters. The van der Waals surface area contributed by atoms with Crippen molar-refractivity contribution in [2.45, 2.75) is 46.0 Å². The number of fused-ring (bicyclic) bond motifs is 1. The second kappa shape index (κ2) is 10.5. The van der Waals surface area contributed by atoms with Crippen molar-refractivity contribution in [3.8, 4) is 11.1 Å². The van der Waals surface area contributed by atoms with Crippen LogP contribution in [0.4, 0.5) is 4.39 Å². The Morgan fingerprint density at radius 3 is 2.66 bits per heavy atom. The third-order valence-corrected chi connectivity index (χ3v) is 5.34. The molecule has 6 heteroatoms. The van der Waals surface area contributed by atoms with Crippen molar-refractivity contribution < 1.29 is 4.39 Å². The lowest BCUT2D eigenvalue weighted by Gasteiger charge is -2.21. The van der Waals surface area contributed by atoms with Gasteiger partial charge in [0, 0.05) is 36.1 Å². The lowest BCUT2D eigenvalue weighted by atomic mass is 10.0. The first-order valence-electron chi connectivity index (χ1n) is 10.7. The molecule has 0 unspecified atom stereocenters. The molecule has 0 aliphatic rings. The lowest BCUT2D eigenvalue weighted by Crippen LogP contribution is -2.31. The Kier molecular flexibility index (Phi) is 7.72. The van der Waals surface area contributed by atoms with E-state index in [0.29, 0.717) is 17.8 Å². The van der Waals surface area contributed by atoms with E-state index in [9.17, 15) is 4.39 Å². The maximum Gasteiger partial charge on any atom is 0.163 e. The van der Waals surface area contributed by atoms with Gasteiger partial charge in [0.05, 0.1) is 6.20 Å². The molecular formula is C23H32FN5. The van der Waals surface area contributed by atoms with Crippen molar-refractivity contribution in [1.29, 1.82) is 0 Å². The molecule has 2 aromatic heterocycles. The summed E-state index contributed by atoms with van der Waals surface area (Å²) in [5.41, 5.74) is 9.87. The summed E-state index contributed by atoms with van der Waals surface area (Å²) in [6.45, 7) is 8.02. The first-order chi connectivity index (χ1) is 14.2. The van der Waals surface area contributed by atoms with Gasteiger partial charge in [-0.25, -0.2) is 13.9 Å². The second-order valence-corrected chi connectivity index (χ2v) is 7.50. The zero-order valence-electron chi connectivity index (χ0n) is 17.6. The van der Waals surface area contributed by atoms with Crippen molar-refractivity contribution in [1.82, 2.24) is 19.5 Å². The van der Waals surface area contributed by atoms with E-state index in [0.717, 1.165) is 55.7 Å². The molecule has 2 N–H and O–H groups in total. The Labute approximate surface area is 172 Å². The molecule has 0 amide bonds. The van der Waals surface area contributed by atoms with Gasteiger partial charge < -0.3 is 10.6 Å². The topological polar surface area (TPSA) is 59.5 Å². The predicted octanol–water partition coefficient (Wildman–Crippen LogP) is 4.09. The van der Waals surface area contributed by atoms with Gasteiger partial charge in [-0.15, -0.1) is 0 Å². The summed E-state index contributed by atoms with van der Waals surface area (Å²) in [5.74, 6) is -0.238. The summed E-state index contributed by atoms with van der Waals surface area (Å²) < 4.78 is 16.2. The van der Waals surface area contributed by atoms with Crippen LogP contribution >= 0.6 is 0 Å². The third-order valence-electron chi connectivity index (χ3n) is 5.34. The van der Waals surface area contributed by atoms with E-state index in [1.54, 1.807) is 10.7 Å². The molecule has 0 aliphatic carbocycles. The molecule has 0 radical (unpaired) electrons. The molecule has 3 aromatic rings. The van der Waals surface area contributed by atoms with Gasteiger partial charge in [-0.2, -0.15) is 5.10 Å². The molecule has 0 bridgehead atoms. The van der Waals surface area contributed by atoms with E-state index in [4.69, 9.17) is 10.7 Å². The predicted molar refractivity (Wildman–Crippen MR) is 116 cm³/mol. The zero-order chi connectivity index (χ0) is 20.6. The van der Waals surface area contributed by atoms with Crippen molar-refractivity contribution in [2.24, 2.45) is 5.73 Å². The van der Waals surface area contributed by atoms with Crippen LogP contribution in [0.1, 0.15) is 44.4 Å². The van der Waals surface area contributed by atoms with Crippen molar-refractivity contribution in [3.05, 3.63) is 53.7 Å². The Hall–Kier alpha value is -2.31. The van der Waals surface area contributed by atoms with Gasteiger partial charge in [-0.3, -0.25) is 0 Å². The number of hydrogen-bond acceptors (Lipinski definition) is 4. The molecule has 0 fully saturated rings. The lowest BCUT2D eigenvalue weighted by molar-refractivity contribution is 0.273. The van der Waals surface area contributed by atoms with E-state index < -0.39 is 0 Å². The summed E-state index contributed by atoms with van der Waals surface area (Å²) in [7, 11) is 0. The first-order valence-corrected chi connectivity index (χ1v) is 10.7. The normalized spacial score (nSPS) is 11.6. The van der Waals surface area contributed by atoms with Crippen molar-refractivity contribution in [3.63, 3.8) is 0 Å². The summed E-state index contributed by atoms with van der Waals surface area (Å²) in [4.78, 5) is 7.23. The molecule has 0 saturated carbocycles. The van der Waals surface area contributed by atoms with Crippen LogP contribution in [0.3, 0.4) is 0 Å². The molecule has 0 aliphatic heterocycles. The van der Waals surface area contributed by atoms with Gasteiger partial charge in [-0.05, 0) is 62.5 Å². The molecule has 5 nitrogen and oxygen atoms in total. The number of benzene rings is 1. The van der Waals surface area contributed by atoms with Crippen LogP contribution in [0.5, 0.6) is 0 Å². The highest BCUT2D eigenvalue weighted by atomic mass is 19.1. The zero-order valence-corrected chi connectivity index (χ0v) is 17.6. The highest BCUT2D eigenvalue weighted by Crippen LogP contribution is 2.27. The molecule has 1 aromatic carbocycles. The number of nitrogens with two attached hydrogens (primary N) is 1. The Balaban J connectivity index is 1.76. The molecule has 29 heavy (non-hydrogen) atoms. The fourth-order valence-electron chi connectivity index (χ4n) is 3.62. The minimum absolute atomic E-state index is 0.238. The summed E-state index contributed by atoms with van der Waals surface area (Å²) >= 11 is 0. The van der Waals surface area contributed by atoms with Crippen molar-refractivity contribution in [2.75, 3.05) is 26.2 Å². The number of nitrogens with zero attached hydrogens (tertiary/aromatic N) is 4. The number of hydrogen-bond donors (Lipinski definition) is 1. The van der Waals surface area contributed by atoms with Crippen LogP contribution < -0.4 is 5.73 Å². The maximum absolute atomic E-state index is 14.5. The van der Waals surface area contributed by atoms with Crippen molar-refractivity contribution >= 4 is 5.65 Å². The largest absolute Gasteiger partial charge is 0.329 e. The number of rotatable bonds is 11. The molecule has 0 saturated heterocycles. The molecule has 0 spiro atoms. The highest BCUT2D eigenvalue weighted by Gasteiger charge is 2.14. The van der Waals surface area contributed by atoms with E-state index in [1.807, 2.05) is 24.4 Å². The number of aromatic nitrogens is 3. The minimum atomic E-state index is -0.238. The molecular weight excluding hydrogens is 365 g/mol. The van der Waals surface area contributed by atoms with E-state index in [1.165, 1.54) is 18.9 Å². The number of halogens is 1. The fourth-order valence-corrected chi connectivity index (χ4v) is 3.62. The van der Waals surface area contributed by atoms with Gasteiger partial charge in [0.1, 0.15) is 5.82 Å². The highest BCUT2D eigenvalue weighted by molar-refractivity contribution is 5.77. The smallest absolute Gasteiger partial charge is 0.163 e. The van der Waals surface area contributed by atoms with Gasteiger partial charge in [0.15, 0.2) is 5.65 Å². The second-order valence-electron chi connectivity index (χ2n) is 7.50. The van der Waals surface area contributed by atoms with Crippen LogP contribution in [0.15, 0.2) is 36.7 Å². The van der Waals surface area contributed by atoms with E-state index in [2.05, 4.69) is 23.8 Å². The average molecular weight is 398 g/mol. The van der Waals surface area contributed by atoms with Crippen LogP contribution in [-0.2, 0) is 12.8 Å². The summed E-state index contributed by atoms with van der Waals surface area (Å²) in [6, 6.07) is 7.26. The average Bonchev–Trinajstić information content (AvgIpc) is 3.15. The van der Waals surface area contributed by atoms with Crippen LogP contribution in [0.2, 0.25) is 0 Å². The quantitative estimate of drug-likeness (QED) is 0.529. The Morgan fingerprint density at radius 2 is 1.90 bits per heavy atom. The SMILES string of the molecule is CCCCN(CCN)CCCc1ccn2ncc(-c3cc(CC)ccc3F)c2n1. The first kappa shape index (κ1) is 21.4. The monoisotopic (exact) mass is 397 g/mol. The third kappa shape index (κ3) is 5.40.